The summed E-state index contributed by atoms with van der Waals surface area (Å²) in [7, 11) is 0. The Labute approximate surface area is 112 Å². The fourth-order valence-electron chi connectivity index (χ4n) is 1.89. The third kappa shape index (κ3) is 3.32. The van der Waals surface area contributed by atoms with Crippen molar-refractivity contribution in [3.63, 3.8) is 0 Å². The average Bonchev–Trinajstić information content (AvgIpc) is 2.82. The molecule has 1 aromatic carbocycles. The van der Waals surface area contributed by atoms with Crippen LogP contribution in [-0.4, -0.2) is 16.3 Å². The van der Waals surface area contributed by atoms with Crippen LogP contribution in [0.4, 0.5) is 4.39 Å². The molecule has 5 heteroatoms. The summed E-state index contributed by atoms with van der Waals surface area (Å²) in [5.41, 5.74) is 6.29. The fourth-order valence-corrected chi connectivity index (χ4v) is 1.89. The van der Waals surface area contributed by atoms with Gasteiger partial charge in [-0.1, -0.05) is 19.1 Å². The van der Waals surface area contributed by atoms with E-state index in [9.17, 15) is 4.39 Å². The maximum absolute atomic E-state index is 13.8. The van der Waals surface area contributed by atoms with Crippen molar-refractivity contribution in [3.05, 3.63) is 42.0 Å². The Hall–Kier alpha value is -1.88. The Morgan fingerprint density at radius 1 is 1.42 bits per heavy atom. The van der Waals surface area contributed by atoms with Gasteiger partial charge in [0.1, 0.15) is 0 Å². The van der Waals surface area contributed by atoms with Gasteiger partial charge in [-0.3, -0.25) is 4.68 Å². The van der Waals surface area contributed by atoms with E-state index in [1.54, 1.807) is 23.1 Å². The Balaban J connectivity index is 2.21. The van der Waals surface area contributed by atoms with E-state index in [2.05, 4.69) is 12.0 Å². The molecule has 19 heavy (non-hydrogen) atoms. The predicted molar refractivity (Wildman–Crippen MR) is 71.8 cm³/mol. The summed E-state index contributed by atoms with van der Waals surface area (Å²) in [6.45, 7) is 3.34. The molecule has 0 amide bonds. The first kappa shape index (κ1) is 13.5. The lowest BCUT2D eigenvalue weighted by Crippen LogP contribution is -2.04. The van der Waals surface area contributed by atoms with E-state index in [-0.39, 0.29) is 11.6 Å². The van der Waals surface area contributed by atoms with Gasteiger partial charge in [0.15, 0.2) is 17.3 Å². The zero-order valence-electron chi connectivity index (χ0n) is 11.0. The number of rotatable bonds is 6. The number of aromatic nitrogens is 2. The predicted octanol–water partition coefficient (Wildman–Crippen LogP) is 2.73. The Morgan fingerprint density at radius 3 is 3.00 bits per heavy atom. The van der Waals surface area contributed by atoms with E-state index in [0.717, 1.165) is 18.5 Å². The second-order valence-electron chi connectivity index (χ2n) is 4.31. The van der Waals surface area contributed by atoms with Gasteiger partial charge in [-0.05, 0) is 31.0 Å². The highest BCUT2D eigenvalue weighted by Gasteiger charge is 2.11. The van der Waals surface area contributed by atoms with Gasteiger partial charge in [0.25, 0.3) is 0 Å². The molecule has 0 saturated carbocycles. The van der Waals surface area contributed by atoms with Crippen LogP contribution >= 0.6 is 0 Å². The molecule has 0 fully saturated rings. The summed E-state index contributed by atoms with van der Waals surface area (Å²) in [4.78, 5) is 0. The van der Waals surface area contributed by atoms with Crippen LogP contribution in [-0.2, 0) is 13.0 Å². The number of ether oxygens (including phenoxy) is 1. The van der Waals surface area contributed by atoms with Gasteiger partial charge in [0.05, 0.1) is 12.4 Å². The average molecular weight is 263 g/mol. The van der Waals surface area contributed by atoms with Crippen molar-refractivity contribution in [2.45, 2.75) is 26.3 Å². The molecule has 0 unspecified atom stereocenters. The van der Waals surface area contributed by atoms with Crippen LogP contribution < -0.4 is 10.5 Å². The van der Waals surface area contributed by atoms with Crippen LogP contribution in [0.25, 0.3) is 0 Å². The van der Waals surface area contributed by atoms with Crippen molar-refractivity contribution in [2.24, 2.45) is 5.73 Å². The lowest BCUT2D eigenvalue weighted by molar-refractivity contribution is 0.435. The van der Waals surface area contributed by atoms with Crippen LogP contribution in [0.1, 0.15) is 18.9 Å². The number of benzene rings is 1. The van der Waals surface area contributed by atoms with E-state index in [1.807, 2.05) is 6.07 Å². The molecule has 0 atom stereocenters. The first-order valence-electron chi connectivity index (χ1n) is 6.42. The third-order valence-electron chi connectivity index (χ3n) is 2.74. The SMILES string of the molecule is CCCn1cc(Oc2c(F)cccc2CCN)cn1. The lowest BCUT2D eigenvalue weighted by Gasteiger charge is -2.09. The van der Waals surface area contributed by atoms with Crippen LogP contribution in [0.3, 0.4) is 0 Å². The van der Waals surface area contributed by atoms with Gasteiger partial charge >= 0.3 is 0 Å². The van der Waals surface area contributed by atoms with E-state index >= 15 is 0 Å². The zero-order chi connectivity index (χ0) is 13.7. The van der Waals surface area contributed by atoms with Crippen molar-refractivity contribution in [2.75, 3.05) is 6.54 Å². The molecule has 0 bridgehead atoms. The smallest absolute Gasteiger partial charge is 0.166 e. The molecular weight excluding hydrogens is 245 g/mol. The monoisotopic (exact) mass is 263 g/mol. The summed E-state index contributed by atoms with van der Waals surface area (Å²) in [6.07, 6.45) is 4.92. The molecule has 1 aromatic heterocycles. The van der Waals surface area contributed by atoms with E-state index in [0.29, 0.717) is 18.7 Å². The summed E-state index contributed by atoms with van der Waals surface area (Å²) < 4.78 is 21.2. The number of halogens is 1. The Bertz CT molecular complexity index is 539. The molecule has 0 aliphatic rings. The number of hydrogen-bond donors (Lipinski definition) is 1. The molecule has 0 radical (unpaired) electrons. The molecule has 2 rings (SSSR count). The standard InChI is InChI=1S/C14H18FN3O/c1-2-8-18-10-12(9-17-18)19-14-11(6-7-16)4-3-5-13(14)15/h3-5,9-10H,2,6-8,16H2,1H3. The normalized spacial score (nSPS) is 10.7. The van der Waals surface area contributed by atoms with Crippen LogP contribution in [0.2, 0.25) is 0 Å². The summed E-state index contributed by atoms with van der Waals surface area (Å²) >= 11 is 0. The second kappa shape index (κ2) is 6.33. The van der Waals surface area contributed by atoms with Crippen molar-refractivity contribution < 1.29 is 9.13 Å². The molecule has 1 heterocycles. The highest BCUT2D eigenvalue weighted by atomic mass is 19.1. The van der Waals surface area contributed by atoms with Crippen LogP contribution in [0.5, 0.6) is 11.5 Å². The zero-order valence-corrected chi connectivity index (χ0v) is 11.0. The largest absolute Gasteiger partial charge is 0.451 e. The Kier molecular flexibility index (Phi) is 4.52. The minimum absolute atomic E-state index is 0.240. The van der Waals surface area contributed by atoms with Gasteiger partial charge in [0.2, 0.25) is 0 Å². The molecule has 4 nitrogen and oxygen atoms in total. The molecule has 102 valence electrons. The van der Waals surface area contributed by atoms with Gasteiger partial charge < -0.3 is 10.5 Å². The van der Waals surface area contributed by atoms with Crippen molar-refractivity contribution in [1.29, 1.82) is 0 Å². The number of nitrogens with two attached hydrogens (primary N) is 1. The molecular formula is C14H18FN3O. The maximum Gasteiger partial charge on any atom is 0.166 e. The van der Waals surface area contributed by atoms with Gasteiger partial charge in [-0.15, -0.1) is 0 Å². The fraction of sp³-hybridized carbons (Fsp3) is 0.357. The topological polar surface area (TPSA) is 53.1 Å². The van der Waals surface area contributed by atoms with E-state index in [4.69, 9.17) is 10.5 Å². The lowest BCUT2D eigenvalue weighted by atomic mass is 10.1. The number of hydrogen-bond acceptors (Lipinski definition) is 3. The number of aryl methyl sites for hydroxylation is 1. The quantitative estimate of drug-likeness (QED) is 0.871. The van der Waals surface area contributed by atoms with E-state index in [1.165, 1.54) is 6.07 Å². The van der Waals surface area contributed by atoms with Crippen molar-refractivity contribution >= 4 is 0 Å². The molecule has 2 N–H and O–H groups in total. The molecule has 0 aliphatic carbocycles. The van der Waals surface area contributed by atoms with Crippen molar-refractivity contribution in [3.8, 4) is 11.5 Å². The summed E-state index contributed by atoms with van der Waals surface area (Å²) in [5, 5.41) is 4.15. The van der Waals surface area contributed by atoms with Gasteiger partial charge in [0, 0.05) is 6.54 Å². The summed E-state index contributed by atoms with van der Waals surface area (Å²) in [6, 6.07) is 4.86. The highest BCUT2D eigenvalue weighted by Crippen LogP contribution is 2.28. The minimum atomic E-state index is -0.380. The second-order valence-corrected chi connectivity index (χ2v) is 4.31. The summed E-state index contributed by atoms with van der Waals surface area (Å²) in [5.74, 6) is 0.398. The third-order valence-corrected chi connectivity index (χ3v) is 2.74. The van der Waals surface area contributed by atoms with Gasteiger partial charge in [-0.25, -0.2) is 4.39 Å². The first-order chi connectivity index (χ1) is 9.24. The molecule has 0 saturated heterocycles. The molecule has 0 aliphatic heterocycles. The number of nitrogens with zero attached hydrogens (tertiary/aromatic N) is 2. The minimum Gasteiger partial charge on any atom is -0.451 e. The Morgan fingerprint density at radius 2 is 2.26 bits per heavy atom. The first-order valence-corrected chi connectivity index (χ1v) is 6.42. The molecule has 0 spiro atoms. The van der Waals surface area contributed by atoms with Crippen LogP contribution in [0, 0.1) is 5.82 Å². The highest BCUT2D eigenvalue weighted by molar-refractivity contribution is 5.38. The van der Waals surface area contributed by atoms with Crippen LogP contribution in [0.15, 0.2) is 30.6 Å². The van der Waals surface area contributed by atoms with E-state index < -0.39 is 0 Å². The van der Waals surface area contributed by atoms with Gasteiger partial charge in [-0.2, -0.15) is 5.10 Å². The number of para-hydroxylation sites is 1. The van der Waals surface area contributed by atoms with Crippen molar-refractivity contribution in [1.82, 2.24) is 9.78 Å². The molecule has 2 aromatic rings. The maximum atomic E-state index is 13.8.